The van der Waals surface area contributed by atoms with Crippen molar-refractivity contribution in [2.24, 2.45) is 5.92 Å². The lowest BCUT2D eigenvalue weighted by Crippen LogP contribution is -2.58. The van der Waals surface area contributed by atoms with Crippen LogP contribution in [-0.4, -0.2) is 35.8 Å². The molecule has 2 amide bonds. The number of likely N-dealkylation sites (tertiary alicyclic amines) is 1. The van der Waals surface area contributed by atoms with E-state index < -0.39 is 0 Å². The Hall–Kier alpha value is -2.21. The van der Waals surface area contributed by atoms with E-state index in [-0.39, 0.29) is 29.6 Å². The van der Waals surface area contributed by atoms with E-state index in [0.29, 0.717) is 18.0 Å². The van der Waals surface area contributed by atoms with Gasteiger partial charge in [0.15, 0.2) is 0 Å². The van der Waals surface area contributed by atoms with Gasteiger partial charge >= 0.3 is 0 Å². The summed E-state index contributed by atoms with van der Waals surface area (Å²) in [5.74, 6) is -0.414. The van der Waals surface area contributed by atoms with Gasteiger partial charge in [-0.2, -0.15) is 0 Å². The average Bonchev–Trinajstić information content (AvgIpc) is 3.07. The van der Waals surface area contributed by atoms with E-state index in [4.69, 9.17) is 0 Å². The number of fused-ring (bicyclic) bond motifs is 1. The average molecular weight is 358 g/mol. The second-order valence-corrected chi connectivity index (χ2v) is 7.70. The van der Waals surface area contributed by atoms with Crippen molar-refractivity contribution in [2.75, 3.05) is 18.0 Å². The van der Waals surface area contributed by atoms with Gasteiger partial charge in [0.2, 0.25) is 5.91 Å². The van der Waals surface area contributed by atoms with Crippen molar-refractivity contribution in [3.05, 3.63) is 52.0 Å². The van der Waals surface area contributed by atoms with Crippen LogP contribution in [0.3, 0.4) is 0 Å². The third kappa shape index (κ3) is 2.84. The lowest BCUT2D eigenvalue weighted by molar-refractivity contribution is -0.126. The minimum atomic E-state index is -0.267. The van der Waals surface area contributed by atoms with E-state index in [2.05, 4.69) is 0 Å². The zero-order valence-electron chi connectivity index (χ0n) is 13.9. The summed E-state index contributed by atoms with van der Waals surface area (Å²) in [7, 11) is 0. The number of nitrogens with zero attached hydrogens (tertiary/aromatic N) is 2. The Morgan fingerprint density at radius 3 is 2.76 bits per heavy atom. The van der Waals surface area contributed by atoms with Gasteiger partial charge in [-0.25, -0.2) is 4.39 Å². The zero-order chi connectivity index (χ0) is 17.6. The molecule has 2 aliphatic rings. The van der Waals surface area contributed by atoms with Crippen LogP contribution in [0.1, 0.15) is 28.6 Å². The first kappa shape index (κ1) is 16.3. The normalized spacial score (nSPS) is 20.2. The van der Waals surface area contributed by atoms with Gasteiger partial charge in [-0.3, -0.25) is 9.59 Å². The maximum absolute atomic E-state index is 13.5. The molecule has 1 saturated heterocycles. The first-order valence-electron chi connectivity index (χ1n) is 8.49. The summed E-state index contributed by atoms with van der Waals surface area (Å²) in [4.78, 5) is 29.5. The maximum atomic E-state index is 13.5. The third-order valence-electron chi connectivity index (χ3n) is 5.06. The first-order valence-corrected chi connectivity index (χ1v) is 9.37. The monoisotopic (exact) mass is 358 g/mol. The molecule has 0 radical (unpaired) electrons. The van der Waals surface area contributed by atoms with Crippen LogP contribution in [0.25, 0.3) is 0 Å². The molecule has 4 rings (SSSR count). The highest BCUT2D eigenvalue weighted by atomic mass is 32.1. The number of carbonyl (C=O) groups is 2. The largest absolute Gasteiger partial charge is 0.336 e. The number of hydrogen-bond donors (Lipinski definition) is 0. The fourth-order valence-corrected chi connectivity index (χ4v) is 4.30. The summed E-state index contributed by atoms with van der Waals surface area (Å²) in [6, 6.07) is 8.38. The molecule has 0 bridgehead atoms. The first-order chi connectivity index (χ1) is 12.0. The fraction of sp³-hybridized carbons (Fsp3) is 0.368. The number of rotatable bonds is 2. The predicted molar refractivity (Wildman–Crippen MR) is 95.4 cm³/mol. The van der Waals surface area contributed by atoms with Crippen LogP contribution in [0.2, 0.25) is 0 Å². The molecule has 0 N–H and O–H groups in total. The van der Waals surface area contributed by atoms with E-state index in [1.165, 1.54) is 23.5 Å². The van der Waals surface area contributed by atoms with Gasteiger partial charge in [0.05, 0.1) is 10.8 Å². The minimum absolute atomic E-state index is 0.00628. The Morgan fingerprint density at radius 2 is 2.04 bits per heavy atom. The standard InChI is InChI=1S/C19H19FN2O2S/c1-12-4-5-13-9-15(20)6-7-16(13)22(12)18(23)14-10-21(11-14)19(24)17-3-2-8-25-17/h2-3,6-9,12,14H,4-5,10-11H2,1H3/t12-/m0/s1. The van der Waals surface area contributed by atoms with E-state index in [9.17, 15) is 14.0 Å². The number of benzene rings is 1. The van der Waals surface area contributed by atoms with Crippen molar-refractivity contribution >= 4 is 28.8 Å². The molecule has 2 aliphatic heterocycles. The molecule has 1 fully saturated rings. The molecule has 0 unspecified atom stereocenters. The van der Waals surface area contributed by atoms with Crippen LogP contribution >= 0.6 is 11.3 Å². The Balaban J connectivity index is 1.48. The number of amides is 2. The van der Waals surface area contributed by atoms with Crippen molar-refractivity contribution in [3.63, 3.8) is 0 Å². The van der Waals surface area contributed by atoms with Gasteiger partial charge in [-0.15, -0.1) is 11.3 Å². The topological polar surface area (TPSA) is 40.6 Å². The highest BCUT2D eigenvalue weighted by Gasteiger charge is 2.41. The fourth-order valence-electron chi connectivity index (χ4n) is 3.61. The van der Waals surface area contributed by atoms with Gasteiger partial charge in [-0.1, -0.05) is 6.07 Å². The molecule has 130 valence electrons. The maximum Gasteiger partial charge on any atom is 0.263 e. The molecule has 25 heavy (non-hydrogen) atoms. The summed E-state index contributed by atoms with van der Waals surface area (Å²) in [6.45, 7) is 2.93. The zero-order valence-corrected chi connectivity index (χ0v) is 14.8. The minimum Gasteiger partial charge on any atom is -0.336 e. The lowest BCUT2D eigenvalue weighted by Gasteiger charge is -2.43. The summed E-state index contributed by atoms with van der Waals surface area (Å²) in [5, 5.41) is 1.88. The van der Waals surface area contributed by atoms with Crippen LogP contribution in [0.5, 0.6) is 0 Å². The second-order valence-electron chi connectivity index (χ2n) is 6.75. The number of carbonyl (C=O) groups excluding carboxylic acids is 2. The van der Waals surface area contributed by atoms with Crippen molar-refractivity contribution < 1.29 is 14.0 Å². The van der Waals surface area contributed by atoms with Crippen molar-refractivity contribution in [1.82, 2.24) is 4.90 Å². The number of thiophene rings is 1. The quantitative estimate of drug-likeness (QED) is 0.826. The molecule has 1 atom stereocenters. The molecular weight excluding hydrogens is 339 g/mol. The van der Waals surface area contributed by atoms with Gasteiger partial charge in [0.1, 0.15) is 5.82 Å². The van der Waals surface area contributed by atoms with Crippen molar-refractivity contribution in [1.29, 1.82) is 0 Å². The molecule has 6 heteroatoms. The van der Waals surface area contributed by atoms with Gasteiger partial charge < -0.3 is 9.80 Å². The highest BCUT2D eigenvalue weighted by Crippen LogP contribution is 2.34. The van der Waals surface area contributed by atoms with Crippen LogP contribution < -0.4 is 4.90 Å². The smallest absolute Gasteiger partial charge is 0.263 e. The predicted octanol–water partition coefficient (Wildman–Crippen LogP) is 3.33. The van der Waals surface area contributed by atoms with E-state index >= 15 is 0 Å². The molecule has 1 aromatic carbocycles. The number of hydrogen-bond acceptors (Lipinski definition) is 3. The van der Waals surface area contributed by atoms with Crippen LogP contribution in [0, 0.1) is 11.7 Å². The van der Waals surface area contributed by atoms with Crippen molar-refractivity contribution in [2.45, 2.75) is 25.8 Å². The number of halogens is 1. The van der Waals surface area contributed by atoms with Crippen LogP contribution in [0.4, 0.5) is 10.1 Å². The van der Waals surface area contributed by atoms with Crippen LogP contribution in [0.15, 0.2) is 35.7 Å². The summed E-state index contributed by atoms with van der Waals surface area (Å²) in [5.41, 5.74) is 1.70. The molecular formula is C19H19FN2O2S. The molecule has 1 aromatic heterocycles. The number of anilines is 1. The van der Waals surface area contributed by atoms with E-state index in [1.54, 1.807) is 21.9 Å². The summed E-state index contributed by atoms with van der Waals surface area (Å²) >= 11 is 1.42. The Kier molecular flexibility index (Phi) is 4.07. The van der Waals surface area contributed by atoms with Crippen molar-refractivity contribution in [3.8, 4) is 0 Å². The second kappa shape index (κ2) is 6.26. The molecule has 0 spiro atoms. The van der Waals surface area contributed by atoms with Gasteiger partial charge in [0, 0.05) is 24.8 Å². The third-order valence-corrected chi connectivity index (χ3v) is 5.92. The molecule has 0 saturated carbocycles. The molecule has 4 nitrogen and oxygen atoms in total. The van der Waals surface area contributed by atoms with Gasteiger partial charge in [-0.05, 0) is 55.0 Å². The Morgan fingerprint density at radius 1 is 1.24 bits per heavy atom. The van der Waals surface area contributed by atoms with Crippen LogP contribution in [-0.2, 0) is 11.2 Å². The molecule has 2 aromatic rings. The van der Waals surface area contributed by atoms with E-state index in [1.807, 2.05) is 18.4 Å². The summed E-state index contributed by atoms with van der Waals surface area (Å²) in [6.07, 6.45) is 1.61. The lowest BCUT2D eigenvalue weighted by atomic mass is 9.92. The molecule has 0 aliphatic carbocycles. The number of aryl methyl sites for hydroxylation is 1. The Labute approximate surface area is 149 Å². The Bertz CT molecular complexity index is 815. The highest BCUT2D eigenvalue weighted by molar-refractivity contribution is 7.12. The SMILES string of the molecule is C[C@H]1CCc2cc(F)ccc2N1C(=O)C1CN(C(=O)c2cccs2)C1. The van der Waals surface area contributed by atoms with Gasteiger partial charge in [0.25, 0.3) is 5.91 Å². The summed E-state index contributed by atoms with van der Waals surface area (Å²) < 4.78 is 13.5. The molecule has 3 heterocycles. The van der Waals surface area contributed by atoms with E-state index in [0.717, 1.165) is 24.1 Å².